The summed E-state index contributed by atoms with van der Waals surface area (Å²) in [5, 5.41) is 25.0. The van der Waals surface area contributed by atoms with E-state index in [4.69, 9.17) is 47.3 Å². The van der Waals surface area contributed by atoms with E-state index in [1.54, 1.807) is 22.3 Å². The molecule has 4 aromatic carbocycles. The molecule has 0 saturated carbocycles. The Balaban J connectivity index is 0. The van der Waals surface area contributed by atoms with Gasteiger partial charge in [-0.3, -0.25) is 0 Å². The van der Waals surface area contributed by atoms with Crippen LogP contribution in [-0.2, 0) is 51.9 Å². The second kappa shape index (κ2) is 22.6. The molecule has 0 unspecified atom stereocenters. The van der Waals surface area contributed by atoms with Crippen LogP contribution in [0.15, 0.2) is 97.1 Å². The van der Waals surface area contributed by atoms with Crippen molar-refractivity contribution in [2.24, 2.45) is 0 Å². The summed E-state index contributed by atoms with van der Waals surface area (Å²) < 4.78 is 0. The van der Waals surface area contributed by atoms with Crippen LogP contribution in [0.25, 0.3) is 22.3 Å². The first-order valence-electron chi connectivity index (χ1n) is 14.7. The molecule has 0 fully saturated rings. The minimum Gasteiger partial charge on any atom is -0.512 e. The minimum atomic E-state index is -0.449. The van der Waals surface area contributed by atoms with Gasteiger partial charge in [0.1, 0.15) is 0 Å². The average Bonchev–Trinajstić information content (AvgIpc) is 3.58. The van der Waals surface area contributed by atoms with E-state index in [-0.39, 0.29) is 42.1 Å². The van der Waals surface area contributed by atoms with Crippen LogP contribution in [0.1, 0.15) is 22.3 Å². The standard InChI is InChI=1S/2C17H20P2.4CN.2Pt/c2*1-18(2)17(19(3)4)15-11-7-5-9-13(15)14-10-6-8-12-16(14)17;4*1-2;;/h2*5-12H,1-4H3;;;;;;/q;;4*-1;;/p+4. The van der Waals surface area contributed by atoms with Crippen LogP contribution in [0.2, 0.25) is 0 Å². The van der Waals surface area contributed by atoms with Gasteiger partial charge >= 0.3 is 0 Å². The van der Waals surface area contributed by atoms with Crippen LogP contribution >= 0.6 is 31.7 Å². The molecule has 0 saturated heterocycles. The maximum Gasteiger partial charge on any atom is 0.221 e. The van der Waals surface area contributed by atoms with E-state index in [1.807, 2.05) is 0 Å². The third kappa shape index (κ3) is 8.44. The van der Waals surface area contributed by atoms with Crippen LogP contribution < -0.4 is 0 Å². The predicted molar refractivity (Wildman–Crippen MR) is 206 cm³/mol. The summed E-state index contributed by atoms with van der Waals surface area (Å²) in [5.41, 5.74) is 12.3. The SMILES string of the molecule is C[PH+](C)C1([PH+](C)C)c2ccccc2-c2ccccc21.C[PH+](C)C1([PH+](C)C)c2ccccc2-c2ccccc21.[C-]#N.[C-]#N.[C-]#N.[C-]#N.[Pt].[Pt]. The van der Waals surface area contributed by atoms with Crippen molar-refractivity contribution in [1.29, 1.82) is 21.0 Å². The van der Waals surface area contributed by atoms with E-state index in [2.05, 4.69) is 150 Å². The Hall–Kier alpha value is -2.06. The van der Waals surface area contributed by atoms with Gasteiger partial charge in [0.2, 0.25) is 9.79 Å². The summed E-state index contributed by atoms with van der Waals surface area (Å²) in [6.07, 6.45) is 0. The van der Waals surface area contributed by atoms with Crippen LogP contribution in [0.3, 0.4) is 0 Å². The van der Waals surface area contributed by atoms with Crippen LogP contribution in [0.5, 0.6) is 0 Å². The Morgan fingerprint density at radius 3 is 0.625 bits per heavy atom. The average molecular weight is 1070 g/mol. The molecule has 0 aliphatic heterocycles. The monoisotopic (exact) mass is 1070 g/mol. The zero-order chi connectivity index (χ0) is 35.2. The minimum absolute atomic E-state index is 0. The van der Waals surface area contributed by atoms with Gasteiger partial charge in [-0.15, -0.1) is 0 Å². The first-order chi connectivity index (χ1) is 22.2. The Morgan fingerprint density at radius 2 is 0.479 bits per heavy atom. The van der Waals surface area contributed by atoms with Crippen molar-refractivity contribution in [2.45, 2.75) is 9.79 Å². The maximum atomic E-state index is 6.25. The number of fused-ring (bicyclic) bond motifs is 6. The molecule has 4 nitrogen and oxygen atoms in total. The molecule has 0 N–H and O–H groups in total. The van der Waals surface area contributed by atoms with E-state index >= 15 is 0 Å². The van der Waals surface area contributed by atoms with Gasteiger partial charge in [0, 0.05) is 96.1 Å². The van der Waals surface area contributed by atoms with Gasteiger partial charge in [-0.25, -0.2) is 0 Å². The van der Waals surface area contributed by atoms with Gasteiger partial charge in [0.05, 0.1) is 53.3 Å². The van der Waals surface area contributed by atoms with Gasteiger partial charge < -0.3 is 47.3 Å². The van der Waals surface area contributed by atoms with E-state index in [0.717, 1.165) is 0 Å². The normalized spacial score (nSPS) is 12.6. The fraction of sp³-hybridized carbons (Fsp3) is 0.263. The molecule has 10 heteroatoms. The van der Waals surface area contributed by atoms with E-state index < -0.39 is 31.7 Å². The molecule has 2 aliphatic carbocycles. The molecule has 2 aliphatic rings. The van der Waals surface area contributed by atoms with Crippen LogP contribution in [-0.4, -0.2) is 53.3 Å². The Morgan fingerprint density at radius 1 is 0.333 bits per heavy atom. The van der Waals surface area contributed by atoms with Crippen LogP contribution in [0.4, 0.5) is 0 Å². The summed E-state index contributed by atoms with van der Waals surface area (Å²) in [4.78, 5) is 0.727. The fourth-order valence-electron chi connectivity index (χ4n) is 7.62. The van der Waals surface area contributed by atoms with Gasteiger partial charge in [-0.1, -0.05) is 72.8 Å². The summed E-state index contributed by atoms with van der Waals surface area (Å²) >= 11 is 0. The van der Waals surface area contributed by atoms with Crippen LogP contribution in [0, 0.1) is 47.3 Å². The second-order valence-electron chi connectivity index (χ2n) is 11.7. The largest absolute Gasteiger partial charge is 0.512 e. The van der Waals surface area contributed by atoms with Crippen molar-refractivity contribution in [2.75, 3.05) is 53.3 Å². The summed E-state index contributed by atoms with van der Waals surface area (Å²) in [7, 11) is -1.80. The predicted octanol–water partition coefficient (Wildman–Crippen LogP) is 10.0. The van der Waals surface area contributed by atoms with E-state index in [0.29, 0.717) is 9.79 Å². The molecule has 48 heavy (non-hydrogen) atoms. The fourth-order valence-corrected chi connectivity index (χ4v) is 21.7. The molecule has 0 bridgehead atoms. The summed E-state index contributed by atoms with van der Waals surface area (Å²) in [6, 6.07) is 36.4. The quantitative estimate of drug-likeness (QED) is 0.150. The number of hydrogen-bond acceptors (Lipinski definition) is 4. The molecule has 256 valence electrons. The van der Waals surface area contributed by atoms with Gasteiger partial charge in [-0.2, -0.15) is 0 Å². The second-order valence-corrected chi connectivity index (χ2v) is 23.7. The van der Waals surface area contributed by atoms with Crippen molar-refractivity contribution in [3.63, 3.8) is 0 Å². The van der Waals surface area contributed by atoms with Gasteiger partial charge in [0.25, 0.3) is 0 Å². The van der Waals surface area contributed by atoms with E-state index in [9.17, 15) is 0 Å². The smallest absolute Gasteiger partial charge is 0.221 e. The Labute approximate surface area is 323 Å². The van der Waals surface area contributed by atoms with Crippen molar-refractivity contribution in [1.82, 2.24) is 0 Å². The molecule has 0 heterocycles. The molecule has 6 rings (SSSR count). The zero-order valence-electron chi connectivity index (χ0n) is 28.7. The molecular formula is C38H44N4P4Pt2. The summed E-state index contributed by atoms with van der Waals surface area (Å²) in [5.74, 6) is 0. The first-order valence-corrected chi connectivity index (χ1v) is 24.7. The van der Waals surface area contributed by atoms with Gasteiger partial charge in [0.15, 0.2) is 0 Å². The third-order valence-electron chi connectivity index (χ3n) is 8.90. The number of rotatable bonds is 4. The van der Waals surface area contributed by atoms with Crippen molar-refractivity contribution in [3.05, 3.63) is 146 Å². The number of nitrogens with zero attached hydrogens (tertiary/aromatic N) is 4. The van der Waals surface area contributed by atoms with Crippen molar-refractivity contribution >= 4 is 31.7 Å². The summed E-state index contributed by atoms with van der Waals surface area (Å²) in [6.45, 7) is 38.9. The molecule has 4 aromatic rings. The molecule has 0 radical (unpaired) electrons. The maximum absolute atomic E-state index is 6.25. The topological polar surface area (TPSA) is 95.2 Å². The molecule has 0 spiro atoms. The molecular weight excluding hydrogens is 1030 g/mol. The number of benzene rings is 4. The molecule has 0 amide bonds. The molecule has 0 atom stereocenters. The van der Waals surface area contributed by atoms with Crippen molar-refractivity contribution < 1.29 is 42.1 Å². The van der Waals surface area contributed by atoms with E-state index in [1.165, 1.54) is 22.3 Å². The molecule has 0 aromatic heterocycles. The number of hydrogen-bond donors (Lipinski definition) is 0. The Kier molecular flexibility index (Phi) is 22.6. The third-order valence-corrected chi connectivity index (χ3v) is 23.1. The first kappa shape index (κ1) is 48.1. The van der Waals surface area contributed by atoms with Gasteiger partial charge in [-0.05, 0) is 46.5 Å². The Bertz CT molecular complexity index is 1420. The van der Waals surface area contributed by atoms with Crippen molar-refractivity contribution in [3.8, 4) is 22.3 Å². The zero-order valence-corrected chi connectivity index (χ0v) is 37.2.